The van der Waals surface area contributed by atoms with Gasteiger partial charge < -0.3 is 10.4 Å². The largest absolute Gasteiger partial charge is 0.394 e. The molecule has 0 saturated heterocycles. The third kappa shape index (κ3) is 3.33. The van der Waals surface area contributed by atoms with E-state index in [4.69, 9.17) is 0 Å². The van der Waals surface area contributed by atoms with Crippen LogP contribution in [0.15, 0.2) is 12.4 Å². The fourth-order valence-corrected chi connectivity index (χ4v) is 2.62. The third-order valence-electron chi connectivity index (χ3n) is 3.78. The molecule has 1 fully saturated rings. The number of nitrogens with one attached hydrogen (secondary N) is 1. The molecule has 4 heteroatoms. The summed E-state index contributed by atoms with van der Waals surface area (Å²) in [4.78, 5) is 0. The van der Waals surface area contributed by atoms with Crippen LogP contribution in [0.1, 0.15) is 63.6 Å². The summed E-state index contributed by atoms with van der Waals surface area (Å²) < 4.78 is 1.94. The van der Waals surface area contributed by atoms with E-state index in [-0.39, 0.29) is 12.6 Å². The average Bonchev–Trinajstić information content (AvgIpc) is 2.87. The summed E-state index contributed by atoms with van der Waals surface area (Å²) in [5.74, 6) is 0. The van der Waals surface area contributed by atoms with Crippen LogP contribution in [0, 0.1) is 0 Å². The van der Waals surface area contributed by atoms with Crippen molar-refractivity contribution in [3.8, 4) is 0 Å². The Bertz CT molecular complexity index is 356. The van der Waals surface area contributed by atoms with Gasteiger partial charge in [-0.1, -0.05) is 19.3 Å². The number of aliphatic hydroxyl groups excluding tert-OH is 1. The van der Waals surface area contributed by atoms with Crippen molar-refractivity contribution < 1.29 is 5.11 Å². The zero-order valence-electron chi connectivity index (χ0n) is 11.5. The van der Waals surface area contributed by atoms with Gasteiger partial charge in [-0.2, -0.15) is 5.10 Å². The Morgan fingerprint density at radius 3 is 2.67 bits per heavy atom. The van der Waals surface area contributed by atoms with E-state index >= 15 is 0 Å². The molecule has 0 spiro atoms. The van der Waals surface area contributed by atoms with Crippen LogP contribution in [0.5, 0.6) is 0 Å². The summed E-state index contributed by atoms with van der Waals surface area (Å²) >= 11 is 0. The third-order valence-corrected chi connectivity index (χ3v) is 3.78. The minimum Gasteiger partial charge on any atom is -0.394 e. The van der Waals surface area contributed by atoms with Gasteiger partial charge in [-0.25, -0.2) is 0 Å². The fraction of sp³-hybridized carbons (Fsp3) is 0.786. The molecule has 4 nitrogen and oxygen atoms in total. The molecule has 1 unspecified atom stereocenters. The lowest BCUT2D eigenvalue weighted by atomic mass is 9.94. The van der Waals surface area contributed by atoms with Crippen molar-refractivity contribution in [3.05, 3.63) is 18.0 Å². The first-order valence-electron chi connectivity index (χ1n) is 7.11. The second-order valence-electron chi connectivity index (χ2n) is 5.58. The van der Waals surface area contributed by atoms with E-state index in [0.717, 1.165) is 5.56 Å². The molecule has 1 aliphatic rings. The Kier molecular flexibility index (Phi) is 4.78. The molecule has 102 valence electrons. The van der Waals surface area contributed by atoms with Crippen molar-refractivity contribution in [2.24, 2.45) is 0 Å². The van der Waals surface area contributed by atoms with Crippen molar-refractivity contribution >= 4 is 0 Å². The normalized spacial score (nSPS) is 19.3. The second-order valence-corrected chi connectivity index (χ2v) is 5.58. The van der Waals surface area contributed by atoms with Crippen molar-refractivity contribution in [2.45, 2.75) is 64.1 Å². The number of hydrogen-bond donors (Lipinski definition) is 2. The number of aromatic nitrogens is 2. The SMILES string of the molecule is CC(C)n1cc(C(CO)NC2CCCCC2)cn1. The maximum atomic E-state index is 9.56. The van der Waals surface area contributed by atoms with Gasteiger partial charge in [0.1, 0.15) is 0 Å². The van der Waals surface area contributed by atoms with E-state index in [1.54, 1.807) is 0 Å². The highest BCUT2D eigenvalue weighted by molar-refractivity contribution is 5.11. The summed E-state index contributed by atoms with van der Waals surface area (Å²) in [6.45, 7) is 4.36. The lowest BCUT2D eigenvalue weighted by Crippen LogP contribution is -2.35. The smallest absolute Gasteiger partial charge is 0.0627 e. The summed E-state index contributed by atoms with van der Waals surface area (Å²) in [5.41, 5.74) is 1.09. The quantitative estimate of drug-likeness (QED) is 0.845. The lowest BCUT2D eigenvalue weighted by molar-refractivity contribution is 0.220. The van der Waals surface area contributed by atoms with Crippen LogP contribution in [0.4, 0.5) is 0 Å². The first-order valence-corrected chi connectivity index (χ1v) is 7.11. The Morgan fingerprint density at radius 1 is 1.39 bits per heavy atom. The minimum atomic E-state index is 0.0283. The first-order chi connectivity index (χ1) is 8.70. The van der Waals surface area contributed by atoms with Gasteiger partial charge in [0.05, 0.1) is 18.8 Å². The Labute approximate surface area is 109 Å². The molecule has 1 aliphatic carbocycles. The minimum absolute atomic E-state index is 0.0283. The molecular formula is C14H25N3O. The summed E-state index contributed by atoms with van der Waals surface area (Å²) in [6, 6.07) is 0.951. The van der Waals surface area contributed by atoms with E-state index in [1.165, 1.54) is 32.1 Å². The van der Waals surface area contributed by atoms with Gasteiger partial charge in [0, 0.05) is 23.8 Å². The summed E-state index contributed by atoms with van der Waals surface area (Å²) in [6.07, 6.45) is 10.3. The molecule has 1 heterocycles. The van der Waals surface area contributed by atoms with Gasteiger partial charge >= 0.3 is 0 Å². The van der Waals surface area contributed by atoms with Gasteiger partial charge in [0.25, 0.3) is 0 Å². The molecule has 1 atom stereocenters. The van der Waals surface area contributed by atoms with E-state index < -0.39 is 0 Å². The van der Waals surface area contributed by atoms with E-state index in [1.807, 2.05) is 17.1 Å². The van der Waals surface area contributed by atoms with Gasteiger partial charge in [-0.05, 0) is 26.7 Å². The van der Waals surface area contributed by atoms with Crippen LogP contribution < -0.4 is 5.32 Å². The van der Waals surface area contributed by atoms with E-state index in [2.05, 4.69) is 24.3 Å². The maximum absolute atomic E-state index is 9.56. The highest BCUT2D eigenvalue weighted by Crippen LogP contribution is 2.21. The zero-order valence-corrected chi connectivity index (χ0v) is 11.5. The van der Waals surface area contributed by atoms with Crippen LogP contribution in [0.2, 0.25) is 0 Å². The first kappa shape index (κ1) is 13.6. The molecule has 1 aromatic rings. The molecule has 2 N–H and O–H groups in total. The van der Waals surface area contributed by atoms with Crippen LogP contribution in [-0.2, 0) is 0 Å². The predicted octanol–water partition coefficient (Wildman–Crippen LogP) is 2.42. The van der Waals surface area contributed by atoms with Crippen molar-refractivity contribution in [1.82, 2.24) is 15.1 Å². The van der Waals surface area contributed by atoms with Gasteiger partial charge in [-0.15, -0.1) is 0 Å². The van der Waals surface area contributed by atoms with E-state index in [0.29, 0.717) is 12.1 Å². The monoisotopic (exact) mass is 251 g/mol. The van der Waals surface area contributed by atoms with Crippen LogP contribution in [0.25, 0.3) is 0 Å². The Balaban J connectivity index is 1.98. The highest BCUT2D eigenvalue weighted by atomic mass is 16.3. The maximum Gasteiger partial charge on any atom is 0.0627 e. The van der Waals surface area contributed by atoms with Crippen molar-refractivity contribution in [2.75, 3.05) is 6.61 Å². The molecule has 1 saturated carbocycles. The van der Waals surface area contributed by atoms with Crippen LogP contribution in [-0.4, -0.2) is 27.5 Å². The van der Waals surface area contributed by atoms with Crippen molar-refractivity contribution in [3.63, 3.8) is 0 Å². The lowest BCUT2D eigenvalue weighted by Gasteiger charge is -2.27. The highest BCUT2D eigenvalue weighted by Gasteiger charge is 2.19. The molecule has 0 amide bonds. The summed E-state index contributed by atoms with van der Waals surface area (Å²) in [7, 11) is 0. The number of nitrogens with zero attached hydrogens (tertiary/aromatic N) is 2. The van der Waals surface area contributed by atoms with Gasteiger partial charge in [0.15, 0.2) is 0 Å². The molecule has 18 heavy (non-hydrogen) atoms. The Morgan fingerprint density at radius 2 is 2.11 bits per heavy atom. The predicted molar refractivity (Wildman–Crippen MR) is 72.4 cm³/mol. The van der Waals surface area contributed by atoms with Gasteiger partial charge in [-0.3, -0.25) is 4.68 Å². The van der Waals surface area contributed by atoms with Crippen LogP contribution in [0.3, 0.4) is 0 Å². The molecule has 1 aromatic heterocycles. The molecular weight excluding hydrogens is 226 g/mol. The molecule has 2 rings (SSSR count). The molecule has 0 radical (unpaired) electrons. The fourth-order valence-electron chi connectivity index (χ4n) is 2.62. The molecule has 0 aliphatic heterocycles. The number of aliphatic hydroxyl groups is 1. The topological polar surface area (TPSA) is 50.1 Å². The van der Waals surface area contributed by atoms with Crippen molar-refractivity contribution in [1.29, 1.82) is 0 Å². The zero-order chi connectivity index (χ0) is 13.0. The number of rotatable bonds is 5. The standard InChI is InChI=1S/C14H25N3O/c1-11(2)17-9-12(8-15-17)14(10-18)16-13-6-4-3-5-7-13/h8-9,11,13-14,16,18H,3-7,10H2,1-2H3. The Hall–Kier alpha value is -0.870. The number of hydrogen-bond acceptors (Lipinski definition) is 3. The molecule has 0 aromatic carbocycles. The van der Waals surface area contributed by atoms with Gasteiger partial charge in [0.2, 0.25) is 0 Å². The average molecular weight is 251 g/mol. The summed E-state index contributed by atoms with van der Waals surface area (Å²) in [5, 5.41) is 17.5. The van der Waals surface area contributed by atoms with E-state index in [9.17, 15) is 5.11 Å². The van der Waals surface area contributed by atoms with Crippen LogP contribution >= 0.6 is 0 Å². The molecule has 0 bridgehead atoms. The second kappa shape index (κ2) is 6.34.